The quantitative estimate of drug-likeness (QED) is 0.0977. The molecule has 0 saturated heterocycles. The molecule has 0 radical (unpaired) electrons. The number of carbonyl (C=O) groups is 5. The predicted octanol–water partition coefficient (Wildman–Crippen LogP) is 5.20. The fourth-order valence-electron chi connectivity index (χ4n) is 3.49. The summed E-state index contributed by atoms with van der Waals surface area (Å²) >= 11 is 0. The van der Waals surface area contributed by atoms with E-state index in [9.17, 15) is 24.0 Å². The number of benzene rings is 4. The molecule has 4 aromatic rings. The number of methoxy groups -OCH3 is 1. The molecule has 0 aromatic heterocycles. The van der Waals surface area contributed by atoms with Crippen molar-refractivity contribution in [3.05, 3.63) is 132 Å². The highest BCUT2D eigenvalue weighted by Gasteiger charge is 2.14. The Balaban J connectivity index is 1.26. The zero-order valence-corrected chi connectivity index (χ0v) is 23.2. The first-order valence-electron chi connectivity index (χ1n) is 12.8. The lowest BCUT2D eigenvalue weighted by Gasteiger charge is -2.08. The molecule has 11 heteroatoms. The molecule has 0 aliphatic heterocycles. The van der Waals surface area contributed by atoms with Gasteiger partial charge in [-0.05, 0) is 97.1 Å². The van der Waals surface area contributed by atoms with Gasteiger partial charge in [0.15, 0.2) is 0 Å². The van der Waals surface area contributed by atoms with Gasteiger partial charge in [-0.3, -0.25) is 0 Å². The van der Waals surface area contributed by atoms with Crippen molar-refractivity contribution < 1.29 is 52.4 Å². The van der Waals surface area contributed by atoms with Crippen molar-refractivity contribution in [3.8, 4) is 23.0 Å². The standard InChI is InChI=1S/C33H24O11/c1-3-29(34)41-20-40-25-12-4-22(5-13-25)31(36)43-27-16-8-24(9-17-27)33(38)44-28-18-10-23(11-19-28)32(37)42-26-14-6-21(7-15-26)30(35)39-2/h3-19H,1,20H2,2H3. The van der Waals surface area contributed by atoms with Crippen LogP contribution in [0.15, 0.2) is 110 Å². The van der Waals surface area contributed by atoms with Gasteiger partial charge in [0.05, 0.1) is 29.4 Å². The number of carbonyl (C=O) groups excluding carboxylic acids is 5. The zero-order chi connectivity index (χ0) is 31.5. The molecule has 44 heavy (non-hydrogen) atoms. The average Bonchev–Trinajstić information content (AvgIpc) is 3.05. The van der Waals surface area contributed by atoms with Crippen LogP contribution in [0.2, 0.25) is 0 Å². The molecule has 0 aliphatic rings. The van der Waals surface area contributed by atoms with Crippen LogP contribution in [0.4, 0.5) is 0 Å². The Bertz CT molecular complexity index is 1660. The normalized spacial score (nSPS) is 10.1. The van der Waals surface area contributed by atoms with E-state index in [0.29, 0.717) is 11.3 Å². The maximum absolute atomic E-state index is 12.6. The Morgan fingerprint density at radius 3 is 1.16 bits per heavy atom. The first-order chi connectivity index (χ1) is 21.2. The van der Waals surface area contributed by atoms with E-state index >= 15 is 0 Å². The summed E-state index contributed by atoms with van der Waals surface area (Å²) in [6.45, 7) is 2.98. The second-order valence-corrected chi connectivity index (χ2v) is 8.69. The van der Waals surface area contributed by atoms with E-state index in [0.717, 1.165) is 6.08 Å². The van der Waals surface area contributed by atoms with Gasteiger partial charge in [-0.15, -0.1) is 0 Å². The van der Waals surface area contributed by atoms with Crippen molar-refractivity contribution in [2.75, 3.05) is 13.9 Å². The molecule has 0 saturated carbocycles. The molecule has 0 N–H and O–H groups in total. The lowest BCUT2D eigenvalue weighted by molar-refractivity contribution is -0.144. The van der Waals surface area contributed by atoms with Crippen LogP contribution in [0.3, 0.4) is 0 Å². The first kappa shape index (κ1) is 30.7. The maximum atomic E-state index is 12.6. The lowest BCUT2D eigenvalue weighted by Crippen LogP contribution is -2.11. The number of hydrogen-bond donors (Lipinski definition) is 0. The fraction of sp³-hybridized carbons (Fsp3) is 0.0606. The molecule has 4 rings (SSSR count). The molecule has 0 unspecified atom stereocenters. The largest absolute Gasteiger partial charge is 0.465 e. The van der Waals surface area contributed by atoms with Crippen molar-refractivity contribution >= 4 is 29.8 Å². The van der Waals surface area contributed by atoms with Crippen molar-refractivity contribution in [3.63, 3.8) is 0 Å². The molecule has 11 nitrogen and oxygen atoms in total. The van der Waals surface area contributed by atoms with Gasteiger partial charge < -0.3 is 28.4 Å². The SMILES string of the molecule is C=CC(=O)OCOc1ccc(C(=O)Oc2ccc(C(=O)Oc3ccc(C(=O)Oc4ccc(C(=O)OC)cc4)cc3)cc2)cc1. The molecule has 0 spiro atoms. The number of hydrogen-bond acceptors (Lipinski definition) is 11. The monoisotopic (exact) mass is 596 g/mol. The lowest BCUT2D eigenvalue weighted by atomic mass is 10.2. The van der Waals surface area contributed by atoms with Crippen molar-refractivity contribution in [1.82, 2.24) is 0 Å². The highest BCUT2D eigenvalue weighted by atomic mass is 16.7. The van der Waals surface area contributed by atoms with Crippen LogP contribution < -0.4 is 18.9 Å². The number of ether oxygens (including phenoxy) is 6. The minimum atomic E-state index is -0.668. The molecule has 0 bridgehead atoms. The van der Waals surface area contributed by atoms with Crippen LogP contribution in [-0.2, 0) is 14.3 Å². The number of esters is 5. The van der Waals surface area contributed by atoms with E-state index in [1.165, 1.54) is 104 Å². The third kappa shape index (κ3) is 8.40. The third-order valence-corrected chi connectivity index (χ3v) is 5.77. The van der Waals surface area contributed by atoms with E-state index in [2.05, 4.69) is 11.3 Å². The summed E-state index contributed by atoms with van der Waals surface area (Å²) < 4.78 is 30.6. The predicted molar refractivity (Wildman–Crippen MR) is 154 cm³/mol. The molecule has 0 aliphatic carbocycles. The third-order valence-electron chi connectivity index (χ3n) is 5.77. The van der Waals surface area contributed by atoms with E-state index in [1.807, 2.05) is 0 Å². The topological polar surface area (TPSA) is 141 Å². The van der Waals surface area contributed by atoms with E-state index in [-0.39, 0.29) is 40.7 Å². The van der Waals surface area contributed by atoms with Crippen LogP contribution in [0, 0.1) is 0 Å². The first-order valence-corrected chi connectivity index (χ1v) is 12.8. The molecular formula is C33H24O11. The van der Waals surface area contributed by atoms with Crippen molar-refractivity contribution in [2.24, 2.45) is 0 Å². The van der Waals surface area contributed by atoms with Gasteiger partial charge in [0.1, 0.15) is 23.0 Å². The summed E-state index contributed by atoms with van der Waals surface area (Å²) in [5, 5.41) is 0. The zero-order valence-electron chi connectivity index (χ0n) is 23.2. The van der Waals surface area contributed by atoms with Gasteiger partial charge in [0.25, 0.3) is 0 Å². The summed E-state index contributed by atoms with van der Waals surface area (Å²) in [6, 6.07) is 23.4. The van der Waals surface area contributed by atoms with Crippen molar-refractivity contribution in [1.29, 1.82) is 0 Å². The van der Waals surface area contributed by atoms with E-state index in [1.54, 1.807) is 0 Å². The summed E-state index contributed by atoms with van der Waals surface area (Å²) in [4.78, 5) is 60.1. The molecule has 0 atom stereocenters. The van der Waals surface area contributed by atoms with E-state index < -0.39 is 29.8 Å². The summed E-state index contributed by atoms with van der Waals surface area (Å²) in [6.07, 6.45) is 1.01. The van der Waals surface area contributed by atoms with Crippen LogP contribution in [-0.4, -0.2) is 43.7 Å². The molecule has 0 heterocycles. The molecule has 222 valence electrons. The Morgan fingerprint density at radius 2 is 0.841 bits per heavy atom. The molecule has 4 aromatic carbocycles. The molecule has 0 fully saturated rings. The van der Waals surface area contributed by atoms with Crippen LogP contribution in [0.5, 0.6) is 23.0 Å². The average molecular weight is 597 g/mol. The minimum Gasteiger partial charge on any atom is -0.465 e. The smallest absolute Gasteiger partial charge is 0.343 e. The van der Waals surface area contributed by atoms with Gasteiger partial charge >= 0.3 is 29.8 Å². The fourth-order valence-corrected chi connectivity index (χ4v) is 3.49. The highest BCUT2D eigenvalue weighted by Crippen LogP contribution is 2.20. The highest BCUT2D eigenvalue weighted by molar-refractivity contribution is 5.94. The Hall–Kier alpha value is -6.23. The van der Waals surface area contributed by atoms with Crippen LogP contribution in [0.25, 0.3) is 0 Å². The second-order valence-electron chi connectivity index (χ2n) is 8.69. The Morgan fingerprint density at radius 1 is 0.523 bits per heavy atom. The summed E-state index contributed by atoms with van der Waals surface area (Å²) in [5.41, 5.74) is 0.967. The summed E-state index contributed by atoms with van der Waals surface area (Å²) in [7, 11) is 1.27. The minimum absolute atomic E-state index is 0.191. The van der Waals surface area contributed by atoms with Crippen molar-refractivity contribution in [2.45, 2.75) is 0 Å². The van der Waals surface area contributed by atoms with Gasteiger partial charge in [0, 0.05) is 6.08 Å². The van der Waals surface area contributed by atoms with Gasteiger partial charge in [0.2, 0.25) is 6.79 Å². The Kier molecular flexibility index (Phi) is 10.2. The van der Waals surface area contributed by atoms with Crippen LogP contribution in [0.1, 0.15) is 41.4 Å². The van der Waals surface area contributed by atoms with Gasteiger partial charge in [-0.1, -0.05) is 6.58 Å². The summed E-state index contributed by atoms with van der Waals surface area (Å²) in [5.74, 6) is -2.08. The Labute approximate surface area is 251 Å². The van der Waals surface area contributed by atoms with E-state index in [4.69, 9.17) is 23.7 Å². The second kappa shape index (κ2) is 14.6. The molecule has 0 amide bonds. The van der Waals surface area contributed by atoms with Gasteiger partial charge in [-0.25, -0.2) is 24.0 Å². The van der Waals surface area contributed by atoms with Crippen LogP contribution >= 0.6 is 0 Å². The maximum Gasteiger partial charge on any atom is 0.343 e. The number of rotatable bonds is 11. The van der Waals surface area contributed by atoms with Gasteiger partial charge in [-0.2, -0.15) is 0 Å². The molecular weight excluding hydrogens is 572 g/mol.